The number of amidine groups is 1. The van der Waals surface area contributed by atoms with Gasteiger partial charge < -0.3 is 14.9 Å². The molecule has 2 unspecified atom stereocenters. The van der Waals surface area contributed by atoms with E-state index in [0.717, 1.165) is 5.56 Å². The Morgan fingerprint density at radius 1 is 1.17 bits per heavy atom. The van der Waals surface area contributed by atoms with Crippen molar-refractivity contribution in [2.75, 3.05) is 26.5 Å². The molecule has 0 aliphatic carbocycles. The summed E-state index contributed by atoms with van der Waals surface area (Å²) >= 11 is 1.39. The molecule has 1 aromatic carbocycles. The molecule has 24 heavy (non-hydrogen) atoms. The van der Waals surface area contributed by atoms with Gasteiger partial charge in [-0.3, -0.25) is 9.69 Å². The fourth-order valence-electron chi connectivity index (χ4n) is 2.93. The van der Waals surface area contributed by atoms with Crippen LogP contribution in [0, 0.1) is 0 Å². The average Bonchev–Trinajstić information content (AvgIpc) is 2.93. The zero-order valence-corrected chi connectivity index (χ0v) is 14.4. The second-order valence-corrected chi connectivity index (χ2v) is 6.82. The molecule has 0 aromatic heterocycles. The number of carbonyl (C=O) groups is 2. The van der Waals surface area contributed by atoms with E-state index >= 15 is 0 Å². The number of aliphatic hydroxyl groups is 1. The van der Waals surface area contributed by atoms with E-state index in [-0.39, 0.29) is 25.1 Å². The Labute approximate surface area is 144 Å². The summed E-state index contributed by atoms with van der Waals surface area (Å²) in [4.78, 5) is 34.6. The van der Waals surface area contributed by atoms with Gasteiger partial charge >= 0.3 is 6.03 Å². The highest BCUT2D eigenvalue weighted by Crippen LogP contribution is 2.30. The molecule has 2 aliphatic rings. The lowest BCUT2D eigenvalue weighted by Gasteiger charge is -2.40. The number of benzene rings is 1. The third-order valence-corrected chi connectivity index (χ3v) is 5.24. The Kier molecular flexibility index (Phi) is 4.77. The Morgan fingerprint density at radius 3 is 2.54 bits per heavy atom. The van der Waals surface area contributed by atoms with E-state index in [2.05, 4.69) is 4.99 Å². The monoisotopic (exact) mass is 348 g/mol. The summed E-state index contributed by atoms with van der Waals surface area (Å²) in [5, 5.41) is 9.66. The van der Waals surface area contributed by atoms with Crippen LogP contribution in [0.25, 0.3) is 0 Å². The fraction of sp³-hybridized carbons (Fsp3) is 0.438. The zero-order chi connectivity index (χ0) is 17.3. The Balaban J connectivity index is 1.83. The first-order valence-electron chi connectivity index (χ1n) is 7.71. The van der Waals surface area contributed by atoms with Crippen LogP contribution in [-0.4, -0.2) is 75.6 Å². The number of carbonyl (C=O) groups excluding carboxylic acids is 2. The number of amides is 3. The number of hydrogen-bond donors (Lipinski definition) is 1. The SMILES string of the molecule is CN1C(=O)N(Cc2ccccc2)C(=O)C2C1N=C(SCCO)N2C. The topological polar surface area (TPSA) is 76.5 Å². The first kappa shape index (κ1) is 16.8. The number of fused-ring (bicyclic) bond motifs is 1. The van der Waals surface area contributed by atoms with Crippen molar-refractivity contribution in [3.63, 3.8) is 0 Å². The van der Waals surface area contributed by atoms with E-state index in [0.29, 0.717) is 10.9 Å². The number of thioether (sulfide) groups is 1. The molecule has 0 radical (unpaired) electrons. The Hall–Kier alpha value is -2.06. The largest absolute Gasteiger partial charge is 0.396 e. The van der Waals surface area contributed by atoms with Gasteiger partial charge in [-0.2, -0.15) is 0 Å². The minimum absolute atomic E-state index is 0.0374. The van der Waals surface area contributed by atoms with Gasteiger partial charge in [0.1, 0.15) is 0 Å². The molecule has 1 fully saturated rings. The number of aliphatic imine (C=N–C) groups is 1. The van der Waals surface area contributed by atoms with Crippen molar-refractivity contribution < 1.29 is 14.7 Å². The second kappa shape index (κ2) is 6.82. The molecule has 128 valence electrons. The van der Waals surface area contributed by atoms with E-state index in [9.17, 15) is 9.59 Å². The number of hydrogen-bond acceptors (Lipinski definition) is 6. The van der Waals surface area contributed by atoms with Crippen LogP contribution in [0.2, 0.25) is 0 Å². The van der Waals surface area contributed by atoms with Crippen molar-refractivity contribution in [1.82, 2.24) is 14.7 Å². The number of likely N-dealkylation sites (N-methyl/N-ethyl adjacent to an activating group) is 2. The zero-order valence-electron chi connectivity index (χ0n) is 13.6. The van der Waals surface area contributed by atoms with Crippen molar-refractivity contribution >= 4 is 28.9 Å². The van der Waals surface area contributed by atoms with Gasteiger partial charge in [0, 0.05) is 19.8 Å². The van der Waals surface area contributed by atoms with Crippen LogP contribution in [0.15, 0.2) is 35.3 Å². The molecule has 3 amide bonds. The molecular formula is C16H20N4O3S. The third kappa shape index (κ3) is 2.87. The maximum absolute atomic E-state index is 12.9. The molecule has 7 nitrogen and oxygen atoms in total. The van der Waals surface area contributed by atoms with Crippen molar-refractivity contribution in [2.45, 2.75) is 18.8 Å². The summed E-state index contributed by atoms with van der Waals surface area (Å²) in [5.41, 5.74) is 0.905. The molecule has 2 aliphatic heterocycles. The molecule has 8 heteroatoms. The summed E-state index contributed by atoms with van der Waals surface area (Å²) in [5.74, 6) is 0.264. The quantitative estimate of drug-likeness (QED) is 0.871. The summed E-state index contributed by atoms with van der Waals surface area (Å²) < 4.78 is 0. The molecule has 1 saturated heterocycles. The average molecular weight is 348 g/mol. The van der Waals surface area contributed by atoms with E-state index in [4.69, 9.17) is 5.11 Å². The lowest BCUT2D eigenvalue weighted by atomic mass is 10.1. The predicted molar refractivity (Wildman–Crippen MR) is 92.5 cm³/mol. The van der Waals surface area contributed by atoms with E-state index in [1.54, 1.807) is 19.0 Å². The van der Waals surface area contributed by atoms with Gasteiger partial charge in [-0.05, 0) is 5.56 Å². The summed E-state index contributed by atoms with van der Waals surface area (Å²) in [6, 6.07) is 8.60. The van der Waals surface area contributed by atoms with Gasteiger partial charge in [-0.25, -0.2) is 9.79 Å². The fourth-order valence-corrected chi connectivity index (χ4v) is 3.70. The minimum Gasteiger partial charge on any atom is -0.396 e. The number of urea groups is 1. The van der Waals surface area contributed by atoms with Crippen molar-refractivity contribution in [2.24, 2.45) is 4.99 Å². The van der Waals surface area contributed by atoms with Crippen LogP contribution >= 0.6 is 11.8 Å². The van der Waals surface area contributed by atoms with Gasteiger partial charge in [0.25, 0.3) is 5.91 Å². The minimum atomic E-state index is -0.516. The predicted octanol–water partition coefficient (Wildman–Crippen LogP) is 0.802. The van der Waals surface area contributed by atoms with Crippen LogP contribution in [-0.2, 0) is 11.3 Å². The van der Waals surface area contributed by atoms with E-state index in [1.807, 2.05) is 30.3 Å². The van der Waals surface area contributed by atoms with Gasteiger partial charge in [0.05, 0.1) is 13.2 Å². The van der Waals surface area contributed by atoms with Crippen LogP contribution < -0.4 is 0 Å². The highest BCUT2D eigenvalue weighted by molar-refractivity contribution is 8.13. The standard InChI is InChI=1S/C16H20N4O3S/c1-18-12-13(17-15(18)24-9-8-21)19(2)16(23)20(14(12)22)10-11-6-4-3-5-7-11/h3-7,12-13,21H,8-10H2,1-2H3. The summed E-state index contributed by atoms with van der Waals surface area (Å²) in [6.07, 6.45) is -0.511. The highest BCUT2D eigenvalue weighted by atomic mass is 32.2. The van der Waals surface area contributed by atoms with E-state index in [1.165, 1.54) is 21.6 Å². The molecule has 3 rings (SSSR count). The molecule has 0 spiro atoms. The number of rotatable bonds is 4. The normalized spacial score (nSPS) is 23.6. The summed E-state index contributed by atoms with van der Waals surface area (Å²) in [6.45, 7) is 0.286. The van der Waals surface area contributed by atoms with Crippen molar-refractivity contribution in [1.29, 1.82) is 0 Å². The van der Waals surface area contributed by atoms with Gasteiger partial charge in [-0.15, -0.1) is 0 Å². The smallest absolute Gasteiger partial charge is 0.328 e. The molecular weight excluding hydrogens is 328 g/mol. The molecule has 2 heterocycles. The first-order valence-corrected chi connectivity index (χ1v) is 8.69. The van der Waals surface area contributed by atoms with Crippen molar-refractivity contribution in [3.05, 3.63) is 35.9 Å². The maximum Gasteiger partial charge on any atom is 0.328 e. The third-order valence-electron chi connectivity index (χ3n) is 4.20. The van der Waals surface area contributed by atoms with Crippen LogP contribution in [0.3, 0.4) is 0 Å². The molecule has 0 bridgehead atoms. The van der Waals surface area contributed by atoms with Gasteiger partial charge in [0.2, 0.25) is 0 Å². The van der Waals surface area contributed by atoms with E-state index < -0.39 is 12.2 Å². The van der Waals surface area contributed by atoms with Crippen LogP contribution in [0.5, 0.6) is 0 Å². The Morgan fingerprint density at radius 2 is 1.88 bits per heavy atom. The van der Waals surface area contributed by atoms with Crippen molar-refractivity contribution in [3.8, 4) is 0 Å². The van der Waals surface area contributed by atoms with Gasteiger partial charge in [0.15, 0.2) is 17.4 Å². The molecule has 1 N–H and O–H groups in total. The lowest BCUT2D eigenvalue weighted by molar-refractivity contribution is -0.137. The lowest BCUT2D eigenvalue weighted by Crippen LogP contribution is -2.64. The van der Waals surface area contributed by atoms with Gasteiger partial charge in [-0.1, -0.05) is 42.1 Å². The number of imide groups is 1. The molecule has 0 saturated carbocycles. The summed E-state index contributed by atoms with van der Waals surface area (Å²) in [7, 11) is 3.47. The van der Waals surface area contributed by atoms with Crippen LogP contribution in [0.1, 0.15) is 5.56 Å². The number of nitrogens with zero attached hydrogens (tertiary/aromatic N) is 4. The highest BCUT2D eigenvalue weighted by Gasteiger charge is 2.50. The molecule has 2 atom stereocenters. The van der Waals surface area contributed by atoms with Crippen LogP contribution in [0.4, 0.5) is 4.79 Å². The Bertz CT molecular complexity index is 667. The maximum atomic E-state index is 12.9. The second-order valence-electron chi connectivity index (χ2n) is 5.76. The molecule has 1 aromatic rings. The number of aliphatic hydroxyl groups excluding tert-OH is 1. The first-order chi connectivity index (χ1) is 11.5.